The Balaban J connectivity index is 1.52. The lowest BCUT2D eigenvalue weighted by atomic mass is 9.47. The van der Waals surface area contributed by atoms with Crippen LogP contribution in [-0.2, 0) is 15.0 Å². The Labute approximate surface area is 159 Å². The molecule has 1 aromatic rings. The highest BCUT2D eigenvalue weighted by molar-refractivity contribution is 6.30. The standard InChI is InChI=1S/C21H27ClN2O2/c1-20(2,15-3-5-16(22)6-4-15)19(26)24-17-13-7-12-8-14(17)11-21(9-12,10-13)18(23)25/h3-6,12-14,17H,7-11H2,1-2H3,(H2,23,25)(H,24,26)/t12?,13-,14+,17?,21?. The van der Waals surface area contributed by atoms with Gasteiger partial charge in [0.2, 0.25) is 11.8 Å². The summed E-state index contributed by atoms with van der Waals surface area (Å²) in [5.41, 5.74) is 5.77. The van der Waals surface area contributed by atoms with Crippen LogP contribution in [0.5, 0.6) is 0 Å². The van der Waals surface area contributed by atoms with E-state index in [1.54, 1.807) is 0 Å². The van der Waals surface area contributed by atoms with E-state index in [2.05, 4.69) is 5.32 Å². The first-order chi connectivity index (χ1) is 12.2. The molecule has 0 heterocycles. The summed E-state index contributed by atoms with van der Waals surface area (Å²) in [6.45, 7) is 3.90. The minimum atomic E-state index is -0.624. The fraction of sp³-hybridized carbons (Fsp3) is 0.619. The average molecular weight is 375 g/mol. The van der Waals surface area contributed by atoms with Gasteiger partial charge in [-0.05, 0) is 81.4 Å². The lowest BCUT2D eigenvalue weighted by molar-refractivity contribution is -0.148. The first-order valence-electron chi connectivity index (χ1n) is 9.58. The molecule has 0 saturated heterocycles. The Morgan fingerprint density at radius 1 is 1.12 bits per heavy atom. The largest absolute Gasteiger partial charge is 0.369 e. The third kappa shape index (κ3) is 2.74. The second-order valence-electron chi connectivity index (χ2n) is 9.25. The number of carbonyl (C=O) groups is 2. The van der Waals surface area contributed by atoms with Gasteiger partial charge in [-0.2, -0.15) is 0 Å². The van der Waals surface area contributed by atoms with Crippen molar-refractivity contribution in [1.29, 1.82) is 0 Å². The number of amides is 2. The number of nitrogens with one attached hydrogen (secondary N) is 1. The fourth-order valence-corrected chi connectivity index (χ4v) is 6.02. The second kappa shape index (κ2) is 5.98. The van der Waals surface area contributed by atoms with Crippen molar-refractivity contribution < 1.29 is 9.59 Å². The van der Waals surface area contributed by atoms with E-state index in [0.717, 1.165) is 37.7 Å². The molecule has 4 aliphatic carbocycles. The van der Waals surface area contributed by atoms with Crippen LogP contribution in [0.25, 0.3) is 0 Å². The zero-order valence-corrected chi connectivity index (χ0v) is 16.2. The van der Waals surface area contributed by atoms with E-state index >= 15 is 0 Å². The monoisotopic (exact) mass is 374 g/mol. The number of carbonyl (C=O) groups excluding carboxylic acids is 2. The van der Waals surface area contributed by atoms with Crippen LogP contribution in [0.15, 0.2) is 24.3 Å². The van der Waals surface area contributed by atoms with E-state index in [-0.39, 0.29) is 23.3 Å². The molecule has 4 nitrogen and oxygen atoms in total. The Morgan fingerprint density at radius 2 is 1.69 bits per heavy atom. The van der Waals surface area contributed by atoms with Crippen molar-refractivity contribution in [3.8, 4) is 0 Å². The number of benzene rings is 1. The molecule has 0 radical (unpaired) electrons. The van der Waals surface area contributed by atoms with Gasteiger partial charge in [0, 0.05) is 16.5 Å². The zero-order chi connectivity index (χ0) is 18.7. The van der Waals surface area contributed by atoms with Gasteiger partial charge in [-0.3, -0.25) is 9.59 Å². The van der Waals surface area contributed by atoms with Crippen molar-refractivity contribution in [2.24, 2.45) is 28.9 Å². The van der Waals surface area contributed by atoms with Crippen LogP contribution in [0.1, 0.15) is 51.5 Å². The smallest absolute Gasteiger partial charge is 0.230 e. The van der Waals surface area contributed by atoms with Crippen molar-refractivity contribution in [1.82, 2.24) is 5.32 Å². The van der Waals surface area contributed by atoms with E-state index in [9.17, 15) is 9.59 Å². The molecule has 140 valence electrons. The summed E-state index contributed by atoms with van der Waals surface area (Å²) in [6.07, 6.45) is 4.84. The topological polar surface area (TPSA) is 72.2 Å². The molecule has 2 amide bonds. The van der Waals surface area contributed by atoms with Crippen molar-refractivity contribution in [3.05, 3.63) is 34.9 Å². The third-order valence-corrected chi connectivity index (χ3v) is 7.48. The van der Waals surface area contributed by atoms with Gasteiger partial charge in [-0.15, -0.1) is 0 Å². The van der Waals surface area contributed by atoms with Crippen molar-refractivity contribution in [2.75, 3.05) is 0 Å². The number of rotatable bonds is 4. The van der Waals surface area contributed by atoms with E-state index in [1.807, 2.05) is 38.1 Å². The number of hydrogen-bond acceptors (Lipinski definition) is 2. The van der Waals surface area contributed by atoms with Crippen LogP contribution >= 0.6 is 11.6 Å². The minimum Gasteiger partial charge on any atom is -0.369 e. The molecule has 3 N–H and O–H groups in total. The Hall–Kier alpha value is -1.55. The summed E-state index contributed by atoms with van der Waals surface area (Å²) < 4.78 is 0. The molecule has 4 fully saturated rings. The van der Waals surface area contributed by atoms with Gasteiger partial charge in [0.15, 0.2) is 0 Å². The quantitative estimate of drug-likeness (QED) is 0.847. The number of halogens is 1. The van der Waals surface area contributed by atoms with E-state index in [4.69, 9.17) is 17.3 Å². The maximum absolute atomic E-state index is 13.1. The molecule has 4 bridgehead atoms. The molecule has 5 rings (SSSR count). The molecular weight excluding hydrogens is 348 g/mol. The third-order valence-electron chi connectivity index (χ3n) is 7.23. The minimum absolute atomic E-state index is 0.0467. The van der Waals surface area contributed by atoms with Crippen molar-refractivity contribution in [3.63, 3.8) is 0 Å². The second-order valence-corrected chi connectivity index (χ2v) is 9.68. The molecule has 0 aliphatic heterocycles. The zero-order valence-electron chi connectivity index (χ0n) is 15.4. The van der Waals surface area contributed by atoms with Crippen LogP contribution in [0.4, 0.5) is 0 Å². The van der Waals surface area contributed by atoms with Crippen LogP contribution in [0.3, 0.4) is 0 Å². The van der Waals surface area contributed by atoms with Crippen LogP contribution in [0, 0.1) is 23.2 Å². The summed E-state index contributed by atoms with van der Waals surface area (Å²) in [4.78, 5) is 25.2. The van der Waals surface area contributed by atoms with Gasteiger partial charge in [0.25, 0.3) is 0 Å². The lowest BCUT2D eigenvalue weighted by Crippen LogP contribution is -2.63. The molecule has 4 saturated carbocycles. The first-order valence-corrected chi connectivity index (χ1v) is 9.96. The molecule has 5 heteroatoms. The number of hydrogen-bond donors (Lipinski definition) is 2. The summed E-state index contributed by atoms with van der Waals surface area (Å²) in [7, 11) is 0. The molecule has 4 aliphatic rings. The maximum atomic E-state index is 13.1. The van der Waals surface area contributed by atoms with Crippen LogP contribution in [-0.4, -0.2) is 17.9 Å². The Bertz CT molecular complexity index is 727. The molecular formula is C21H27ClN2O2. The van der Waals surface area contributed by atoms with Gasteiger partial charge in [-0.1, -0.05) is 23.7 Å². The predicted octanol–water partition coefficient (Wildman–Crippen LogP) is 3.41. The molecule has 1 aromatic carbocycles. The highest BCUT2D eigenvalue weighted by atomic mass is 35.5. The summed E-state index contributed by atoms with van der Waals surface area (Å²) in [6, 6.07) is 7.65. The normalized spacial score (nSPS) is 35.3. The van der Waals surface area contributed by atoms with E-state index in [1.165, 1.54) is 0 Å². The predicted molar refractivity (Wildman–Crippen MR) is 102 cm³/mol. The molecule has 0 aromatic heterocycles. The summed E-state index contributed by atoms with van der Waals surface area (Å²) in [5.74, 6) is 1.25. The molecule has 3 unspecified atom stereocenters. The number of primary amides is 1. The average Bonchev–Trinajstić information content (AvgIpc) is 2.57. The van der Waals surface area contributed by atoms with Crippen molar-refractivity contribution >= 4 is 23.4 Å². The highest BCUT2D eigenvalue weighted by Crippen LogP contribution is 2.60. The van der Waals surface area contributed by atoms with Crippen LogP contribution < -0.4 is 11.1 Å². The Kier molecular flexibility index (Phi) is 4.11. The van der Waals surface area contributed by atoms with Gasteiger partial charge in [-0.25, -0.2) is 0 Å². The van der Waals surface area contributed by atoms with Gasteiger partial charge >= 0.3 is 0 Å². The van der Waals surface area contributed by atoms with Crippen molar-refractivity contribution in [2.45, 2.75) is 57.4 Å². The number of nitrogens with two attached hydrogens (primary N) is 1. The summed E-state index contributed by atoms with van der Waals surface area (Å²) >= 11 is 5.98. The van der Waals surface area contributed by atoms with Gasteiger partial charge in [0.05, 0.1) is 5.41 Å². The highest BCUT2D eigenvalue weighted by Gasteiger charge is 2.58. The maximum Gasteiger partial charge on any atom is 0.230 e. The van der Waals surface area contributed by atoms with E-state index in [0.29, 0.717) is 22.8 Å². The first kappa shape index (κ1) is 17.8. The Morgan fingerprint density at radius 3 is 2.23 bits per heavy atom. The van der Waals surface area contributed by atoms with Gasteiger partial charge in [0.1, 0.15) is 0 Å². The SMILES string of the molecule is CC(C)(C(=O)NC1[C@@H]2CC3C[C@H]1CC(C(N)=O)(C3)C2)c1ccc(Cl)cc1. The lowest BCUT2D eigenvalue weighted by Gasteiger charge is -2.59. The fourth-order valence-electron chi connectivity index (χ4n) is 5.89. The van der Waals surface area contributed by atoms with Gasteiger partial charge < -0.3 is 11.1 Å². The molecule has 0 spiro atoms. The summed E-state index contributed by atoms with van der Waals surface area (Å²) in [5, 5.41) is 4.02. The van der Waals surface area contributed by atoms with E-state index < -0.39 is 5.41 Å². The molecule has 5 atom stereocenters. The van der Waals surface area contributed by atoms with Crippen LogP contribution in [0.2, 0.25) is 5.02 Å². The molecule has 26 heavy (non-hydrogen) atoms.